The van der Waals surface area contributed by atoms with Crippen LogP contribution in [0.1, 0.15) is 10.4 Å². The van der Waals surface area contributed by atoms with Gasteiger partial charge in [0.25, 0.3) is 0 Å². The predicted octanol–water partition coefficient (Wildman–Crippen LogP) is 2.86. The first-order valence-corrected chi connectivity index (χ1v) is 5.74. The van der Waals surface area contributed by atoms with Crippen LogP contribution in [0, 0.1) is 5.82 Å². The Morgan fingerprint density at radius 2 is 2.00 bits per heavy atom. The third-order valence-corrected chi connectivity index (χ3v) is 2.74. The van der Waals surface area contributed by atoms with E-state index in [0.29, 0.717) is 11.4 Å². The highest BCUT2D eigenvalue weighted by molar-refractivity contribution is 5.90. The number of hydrogen-bond acceptors (Lipinski definition) is 4. The molecule has 5 nitrogen and oxygen atoms in total. The van der Waals surface area contributed by atoms with Crippen LogP contribution < -0.4 is 15.8 Å². The van der Waals surface area contributed by atoms with Crippen LogP contribution in [-0.2, 0) is 0 Å². The van der Waals surface area contributed by atoms with Gasteiger partial charge in [-0.3, -0.25) is 0 Å². The Morgan fingerprint density at radius 3 is 2.60 bits per heavy atom. The molecule has 2 rings (SSSR count). The predicted molar refractivity (Wildman–Crippen MR) is 74.0 cm³/mol. The van der Waals surface area contributed by atoms with Gasteiger partial charge in [-0.1, -0.05) is 0 Å². The van der Waals surface area contributed by atoms with Gasteiger partial charge in [0.15, 0.2) is 0 Å². The molecule has 0 aliphatic heterocycles. The summed E-state index contributed by atoms with van der Waals surface area (Å²) in [5.41, 5.74) is 6.64. The number of halogens is 1. The summed E-state index contributed by atoms with van der Waals surface area (Å²) in [6.07, 6.45) is 0. The summed E-state index contributed by atoms with van der Waals surface area (Å²) < 4.78 is 18.7. The number of ether oxygens (including phenoxy) is 1. The molecule has 0 aliphatic rings. The van der Waals surface area contributed by atoms with E-state index in [9.17, 15) is 9.18 Å². The van der Waals surface area contributed by atoms with Gasteiger partial charge in [0.2, 0.25) is 0 Å². The van der Waals surface area contributed by atoms with Crippen molar-refractivity contribution in [3.8, 4) is 5.75 Å². The molecule has 0 radical (unpaired) electrons. The number of anilines is 3. The van der Waals surface area contributed by atoms with Crippen LogP contribution in [0.3, 0.4) is 0 Å². The molecule has 0 unspecified atom stereocenters. The van der Waals surface area contributed by atoms with Crippen molar-refractivity contribution in [3.05, 3.63) is 47.8 Å². The number of benzene rings is 2. The normalized spacial score (nSPS) is 10.1. The molecule has 0 spiro atoms. The molecule has 0 amide bonds. The summed E-state index contributed by atoms with van der Waals surface area (Å²) in [5.74, 6) is -1.04. The Morgan fingerprint density at radius 1 is 1.25 bits per heavy atom. The van der Waals surface area contributed by atoms with Crippen molar-refractivity contribution in [3.63, 3.8) is 0 Å². The smallest absolute Gasteiger partial charge is 0.335 e. The van der Waals surface area contributed by atoms with Gasteiger partial charge >= 0.3 is 5.97 Å². The topological polar surface area (TPSA) is 84.6 Å². The number of carboxylic acid groups (broad SMARTS) is 1. The van der Waals surface area contributed by atoms with Gasteiger partial charge in [-0.25, -0.2) is 9.18 Å². The summed E-state index contributed by atoms with van der Waals surface area (Å²) in [4.78, 5) is 10.8. The monoisotopic (exact) mass is 276 g/mol. The Hall–Kier alpha value is -2.76. The molecule has 2 aromatic carbocycles. The molecule has 20 heavy (non-hydrogen) atoms. The Balaban J connectivity index is 2.32. The Labute approximate surface area is 114 Å². The van der Waals surface area contributed by atoms with E-state index < -0.39 is 11.8 Å². The molecule has 0 aliphatic carbocycles. The molecule has 0 aromatic heterocycles. The number of hydrogen-bond donors (Lipinski definition) is 3. The number of nitrogens with two attached hydrogens (primary N) is 1. The van der Waals surface area contributed by atoms with Gasteiger partial charge < -0.3 is 20.9 Å². The number of rotatable bonds is 4. The second-order valence-corrected chi connectivity index (χ2v) is 4.08. The summed E-state index contributed by atoms with van der Waals surface area (Å²) in [5, 5.41) is 11.7. The van der Waals surface area contributed by atoms with E-state index in [1.807, 2.05) is 0 Å². The van der Waals surface area contributed by atoms with E-state index in [4.69, 9.17) is 15.6 Å². The molecular weight excluding hydrogens is 263 g/mol. The summed E-state index contributed by atoms with van der Waals surface area (Å²) in [7, 11) is 1.48. The minimum atomic E-state index is -1.07. The minimum absolute atomic E-state index is 0.0687. The van der Waals surface area contributed by atoms with E-state index in [1.165, 1.54) is 43.5 Å². The summed E-state index contributed by atoms with van der Waals surface area (Å²) in [6, 6.07) is 8.43. The van der Waals surface area contributed by atoms with E-state index >= 15 is 0 Å². The van der Waals surface area contributed by atoms with Gasteiger partial charge in [0.1, 0.15) is 11.6 Å². The van der Waals surface area contributed by atoms with E-state index in [-0.39, 0.29) is 16.9 Å². The first-order valence-electron chi connectivity index (χ1n) is 5.74. The van der Waals surface area contributed by atoms with Crippen molar-refractivity contribution in [2.45, 2.75) is 0 Å². The van der Waals surface area contributed by atoms with Crippen LogP contribution >= 0.6 is 0 Å². The molecule has 104 valence electrons. The van der Waals surface area contributed by atoms with Crippen molar-refractivity contribution in [1.82, 2.24) is 0 Å². The third kappa shape index (κ3) is 2.80. The lowest BCUT2D eigenvalue weighted by atomic mass is 10.1. The molecule has 0 saturated heterocycles. The molecule has 0 saturated carbocycles. The van der Waals surface area contributed by atoms with Crippen molar-refractivity contribution in [2.24, 2.45) is 0 Å². The average molecular weight is 276 g/mol. The summed E-state index contributed by atoms with van der Waals surface area (Å²) >= 11 is 0. The summed E-state index contributed by atoms with van der Waals surface area (Å²) in [6.45, 7) is 0. The van der Waals surface area contributed by atoms with Gasteiger partial charge in [-0.2, -0.15) is 0 Å². The van der Waals surface area contributed by atoms with Crippen LogP contribution in [-0.4, -0.2) is 18.2 Å². The van der Waals surface area contributed by atoms with Gasteiger partial charge in [0, 0.05) is 6.07 Å². The molecular formula is C14H13FN2O3. The maximum atomic E-state index is 13.7. The molecule has 4 N–H and O–H groups in total. The molecule has 0 fully saturated rings. The highest BCUT2D eigenvalue weighted by Crippen LogP contribution is 2.28. The third-order valence-electron chi connectivity index (χ3n) is 2.74. The number of aromatic carboxylic acids is 1. The molecule has 2 aromatic rings. The Bertz CT molecular complexity index is 659. The number of nitrogen functional groups attached to an aromatic ring is 1. The van der Waals surface area contributed by atoms with Gasteiger partial charge in [-0.05, 0) is 30.3 Å². The van der Waals surface area contributed by atoms with Crippen molar-refractivity contribution in [1.29, 1.82) is 0 Å². The standard InChI is InChI=1S/C14H13FN2O3/c1-20-9-3-4-10(15)13(7-9)17-12-5-2-8(14(18)19)6-11(12)16/h2-7,17H,16H2,1H3,(H,18,19). The van der Waals surface area contributed by atoms with Crippen LogP contribution in [0.15, 0.2) is 36.4 Å². The second kappa shape index (κ2) is 5.48. The number of carboxylic acids is 1. The fourth-order valence-electron chi connectivity index (χ4n) is 1.68. The SMILES string of the molecule is COc1ccc(F)c(Nc2ccc(C(=O)O)cc2N)c1. The maximum absolute atomic E-state index is 13.7. The minimum Gasteiger partial charge on any atom is -0.497 e. The zero-order valence-corrected chi connectivity index (χ0v) is 10.7. The molecule has 0 heterocycles. The Kier molecular flexibility index (Phi) is 3.74. The fraction of sp³-hybridized carbons (Fsp3) is 0.0714. The highest BCUT2D eigenvalue weighted by Gasteiger charge is 2.09. The maximum Gasteiger partial charge on any atom is 0.335 e. The number of carbonyl (C=O) groups is 1. The zero-order valence-electron chi connectivity index (χ0n) is 10.7. The lowest BCUT2D eigenvalue weighted by Crippen LogP contribution is -2.02. The van der Waals surface area contributed by atoms with E-state index in [2.05, 4.69) is 5.32 Å². The molecule has 6 heteroatoms. The largest absolute Gasteiger partial charge is 0.497 e. The molecule has 0 bridgehead atoms. The van der Waals surface area contributed by atoms with Crippen LogP contribution in [0.4, 0.5) is 21.5 Å². The lowest BCUT2D eigenvalue weighted by Gasteiger charge is -2.12. The van der Waals surface area contributed by atoms with Crippen LogP contribution in [0.5, 0.6) is 5.75 Å². The van der Waals surface area contributed by atoms with E-state index in [1.54, 1.807) is 0 Å². The van der Waals surface area contributed by atoms with Crippen molar-refractivity contribution in [2.75, 3.05) is 18.2 Å². The van der Waals surface area contributed by atoms with Gasteiger partial charge in [-0.15, -0.1) is 0 Å². The molecule has 0 atom stereocenters. The second-order valence-electron chi connectivity index (χ2n) is 4.08. The first-order chi connectivity index (χ1) is 9.51. The number of methoxy groups -OCH3 is 1. The van der Waals surface area contributed by atoms with Crippen molar-refractivity contribution >= 4 is 23.0 Å². The van der Waals surface area contributed by atoms with Crippen LogP contribution in [0.25, 0.3) is 0 Å². The van der Waals surface area contributed by atoms with Gasteiger partial charge in [0.05, 0.1) is 29.7 Å². The zero-order chi connectivity index (χ0) is 14.7. The fourth-order valence-corrected chi connectivity index (χ4v) is 1.68. The average Bonchev–Trinajstić information content (AvgIpc) is 2.43. The highest BCUT2D eigenvalue weighted by atomic mass is 19.1. The quantitative estimate of drug-likeness (QED) is 0.748. The lowest BCUT2D eigenvalue weighted by molar-refractivity contribution is 0.0697. The van der Waals surface area contributed by atoms with Crippen molar-refractivity contribution < 1.29 is 19.0 Å². The number of nitrogens with one attached hydrogen (secondary N) is 1. The first kappa shape index (κ1) is 13.7. The van der Waals surface area contributed by atoms with Crippen LogP contribution in [0.2, 0.25) is 0 Å². The van der Waals surface area contributed by atoms with E-state index in [0.717, 1.165) is 0 Å².